The van der Waals surface area contributed by atoms with Gasteiger partial charge in [0.2, 0.25) is 0 Å². The van der Waals surface area contributed by atoms with Crippen LogP contribution in [0.1, 0.15) is 43.2 Å². The van der Waals surface area contributed by atoms with Gasteiger partial charge in [-0.1, -0.05) is 12.6 Å². The molecule has 26 heavy (non-hydrogen) atoms. The maximum absolute atomic E-state index is 12.1. The van der Waals surface area contributed by atoms with E-state index in [4.69, 9.17) is 4.74 Å². The maximum atomic E-state index is 12.1. The smallest absolute Gasteiger partial charge is 0.166 e. The minimum absolute atomic E-state index is 0. The fourth-order valence-corrected chi connectivity index (χ4v) is 6.39. The van der Waals surface area contributed by atoms with Gasteiger partial charge in [0.1, 0.15) is 6.10 Å². The molecule has 1 unspecified atom stereocenters. The summed E-state index contributed by atoms with van der Waals surface area (Å²) in [5.41, 5.74) is 2.21. The summed E-state index contributed by atoms with van der Waals surface area (Å²) in [7, 11) is 0. The molecule has 2 bridgehead atoms. The topological polar surface area (TPSA) is 52.9 Å². The standard InChI is InChI=1S/C21H25NO3.ClH/c1-12-6-7-21(24)16-10-14-4-5-15(23)18-17(14)20(21,19(12)25-18)8-9-22(16)11-13-2-3-13;/h4-5,13,16,19,23-24H,1-3,6-11H2;1H/t16-,19?,20+,21-;/m1./s1. The number of rotatable bonds is 2. The largest absolute Gasteiger partial charge is 0.504 e. The second kappa shape index (κ2) is 5.18. The van der Waals surface area contributed by atoms with E-state index < -0.39 is 11.0 Å². The molecule has 2 saturated carbocycles. The third-order valence-electron chi connectivity index (χ3n) is 7.71. The zero-order valence-corrected chi connectivity index (χ0v) is 15.7. The summed E-state index contributed by atoms with van der Waals surface area (Å²) in [5.74, 6) is 1.64. The summed E-state index contributed by atoms with van der Waals surface area (Å²) >= 11 is 0. The van der Waals surface area contributed by atoms with Gasteiger partial charge in [0.05, 0.1) is 11.0 Å². The van der Waals surface area contributed by atoms with Gasteiger partial charge in [-0.2, -0.15) is 0 Å². The van der Waals surface area contributed by atoms with Gasteiger partial charge in [-0.25, -0.2) is 0 Å². The SMILES string of the molecule is C=C1CC[C@@]2(O)[C@H]3Cc4ccc(O)c5c4[C@@]2(CCN3CC2CC2)C1O5.Cl. The molecule has 0 amide bonds. The third-order valence-corrected chi connectivity index (χ3v) is 7.71. The predicted molar refractivity (Wildman–Crippen MR) is 101 cm³/mol. The van der Waals surface area contributed by atoms with E-state index in [0.29, 0.717) is 5.75 Å². The normalized spacial score (nSPS) is 39.8. The highest BCUT2D eigenvalue weighted by Gasteiger charge is 2.71. The van der Waals surface area contributed by atoms with E-state index in [2.05, 4.69) is 11.5 Å². The number of halogens is 1. The van der Waals surface area contributed by atoms with Gasteiger partial charge in [0.15, 0.2) is 11.5 Å². The number of ether oxygens (including phenoxy) is 1. The first-order valence-corrected chi connectivity index (χ1v) is 9.71. The Hall–Kier alpha value is -1.23. The van der Waals surface area contributed by atoms with Crippen LogP contribution in [0.4, 0.5) is 0 Å². The molecule has 3 fully saturated rings. The lowest BCUT2D eigenvalue weighted by Gasteiger charge is -2.63. The highest BCUT2D eigenvalue weighted by Crippen LogP contribution is 2.66. The van der Waals surface area contributed by atoms with E-state index in [0.717, 1.165) is 55.8 Å². The molecule has 0 aromatic heterocycles. The van der Waals surface area contributed by atoms with E-state index in [1.165, 1.54) is 18.4 Å². The van der Waals surface area contributed by atoms with Crippen molar-refractivity contribution in [2.45, 2.75) is 61.7 Å². The molecular weight excluding hydrogens is 350 g/mol. The summed E-state index contributed by atoms with van der Waals surface area (Å²) in [4.78, 5) is 2.56. The van der Waals surface area contributed by atoms with Crippen LogP contribution in [0.2, 0.25) is 0 Å². The number of likely N-dealkylation sites (tertiary alicyclic amines) is 1. The maximum Gasteiger partial charge on any atom is 0.166 e. The van der Waals surface area contributed by atoms with Crippen LogP contribution in [0.15, 0.2) is 24.3 Å². The van der Waals surface area contributed by atoms with Gasteiger partial charge in [-0.3, -0.25) is 4.90 Å². The van der Waals surface area contributed by atoms with Crippen molar-refractivity contribution in [1.82, 2.24) is 4.90 Å². The highest BCUT2D eigenvalue weighted by atomic mass is 35.5. The molecule has 2 heterocycles. The van der Waals surface area contributed by atoms with Gasteiger partial charge in [0, 0.05) is 18.2 Å². The van der Waals surface area contributed by atoms with E-state index in [-0.39, 0.29) is 30.3 Å². The van der Waals surface area contributed by atoms with Gasteiger partial charge in [-0.15, -0.1) is 12.4 Å². The fraction of sp³-hybridized carbons (Fsp3) is 0.619. The summed E-state index contributed by atoms with van der Waals surface area (Å²) in [5, 5.41) is 22.5. The molecule has 5 aliphatic rings. The predicted octanol–water partition coefficient (Wildman–Crippen LogP) is 2.93. The lowest BCUT2D eigenvalue weighted by molar-refractivity contribution is -0.174. The Morgan fingerprint density at radius 3 is 2.85 bits per heavy atom. The summed E-state index contributed by atoms with van der Waals surface area (Å²) in [6.07, 6.45) is 5.79. The minimum atomic E-state index is -0.780. The van der Waals surface area contributed by atoms with Crippen LogP contribution in [0.25, 0.3) is 0 Å². The second-order valence-corrected chi connectivity index (χ2v) is 8.91. The van der Waals surface area contributed by atoms with Gasteiger partial charge in [-0.05, 0) is 68.2 Å². The Morgan fingerprint density at radius 2 is 2.08 bits per heavy atom. The summed E-state index contributed by atoms with van der Waals surface area (Å²) in [6, 6.07) is 3.96. The number of piperidine rings is 1. The van der Waals surface area contributed by atoms with Gasteiger partial charge >= 0.3 is 0 Å². The highest BCUT2D eigenvalue weighted by molar-refractivity contribution is 5.85. The Balaban J connectivity index is 0.00000150. The number of aliphatic hydroxyl groups is 1. The van der Waals surface area contributed by atoms with E-state index in [1.54, 1.807) is 6.07 Å². The van der Waals surface area contributed by atoms with Crippen molar-refractivity contribution >= 4 is 12.4 Å². The minimum Gasteiger partial charge on any atom is -0.504 e. The van der Waals surface area contributed by atoms with Crippen LogP contribution in [0, 0.1) is 5.92 Å². The number of hydrogen-bond acceptors (Lipinski definition) is 4. The van der Waals surface area contributed by atoms with Gasteiger partial charge in [0.25, 0.3) is 0 Å². The lowest BCUT2D eigenvalue weighted by Crippen LogP contribution is -2.75. The van der Waals surface area contributed by atoms with Crippen molar-refractivity contribution < 1.29 is 14.9 Å². The van der Waals surface area contributed by atoms with Crippen LogP contribution >= 0.6 is 12.4 Å². The molecule has 1 saturated heterocycles. The number of benzene rings is 1. The van der Waals surface area contributed by atoms with E-state index >= 15 is 0 Å². The molecule has 5 heteroatoms. The van der Waals surface area contributed by atoms with Crippen molar-refractivity contribution in [2.24, 2.45) is 5.92 Å². The molecule has 1 spiro atoms. The molecule has 0 radical (unpaired) electrons. The third kappa shape index (κ3) is 1.78. The van der Waals surface area contributed by atoms with Crippen LogP contribution in [0.5, 0.6) is 11.5 Å². The first-order valence-electron chi connectivity index (χ1n) is 9.71. The average Bonchev–Trinajstić information content (AvgIpc) is 3.32. The first-order chi connectivity index (χ1) is 12.0. The van der Waals surface area contributed by atoms with E-state index in [9.17, 15) is 10.2 Å². The van der Waals surface area contributed by atoms with Crippen molar-refractivity contribution in [3.05, 3.63) is 35.4 Å². The molecule has 1 aromatic rings. The van der Waals surface area contributed by atoms with Crippen LogP contribution in [-0.4, -0.2) is 45.9 Å². The first kappa shape index (κ1) is 16.9. The molecular formula is C21H26ClNO3. The quantitative estimate of drug-likeness (QED) is 0.780. The number of aromatic hydroxyl groups is 1. The zero-order chi connectivity index (χ0) is 17.0. The molecule has 2 N–H and O–H groups in total. The molecule has 2 aliphatic heterocycles. The second-order valence-electron chi connectivity index (χ2n) is 8.91. The lowest BCUT2D eigenvalue weighted by atomic mass is 9.48. The summed E-state index contributed by atoms with van der Waals surface area (Å²) < 4.78 is 6.29. The zero-order valence-electron chi connectivity index (χ0n) is 14.9. The fourth-order valence-electron chi connectivity index (χ4n) is 6.39. The van der Waals surface area contributed by atoms with Crippen molar-refractivity contribution in [2.75, 3.05) is 13.1 Å². The van der Waals surface area contributed by atoms with E-state index in [1.807, 2.05) is 6.07 Å². The Morgan fingerprint density at radius 1 is 1.27 bits per heavy atom. The van der Waals surface area contributed by atoms with Crippen LogP contribution in [0.3, 0.4) is 0 Å². The Bertz CT molecular complexity index is 807. The molecule has 4 atom stereocenters. The number of hydrogen-bond donors (Lipinski definition) is 2. The van der Waals surface area contributed by atoms with Crippen molar-refractivity contribution in [3.63, 3.8) is 0 Å². The molecule has 6 rings (SSSR count). The monoisotopic (exact) mass is 375 g/mol. The van der Waals surface area contributed by atoms with Crippen LogP contribution in [-0.2, 0) is 11.8 Å². The molecule has 4 nitrogen and oxygen atoms in total. The Kier molecular flexibility index (Phi) is 3.37. The number of nitrogens with zero attached hydrogens (tertiary/aromatic N) is 1. The van der Waals surface area contributed by atoms with Gasteiger partial charge < -0.3 is 14.9 Å². The average molecular weight is 376 g/mol. The number of phenolic OH excluding ortho intramolecular Hbond substituents is 1. The number of phenols is 1. The molecule has 140 valence electrons. The molecule has 1 aromatic carbocycles. The summed E-state index contributed by atoms with van der Waals surface area (Å²) in [6.45, 7) is 6.40. The Labute approximate surface area is 160 Å². The van der Waals surface area contributed by atoms with Crippen molar-refractivity contribution in [3.8, 4) is 11.5 Å². The molecule has 3 aliphatic carbocycles. The van der Waals surface area contributed by atoms with Crippen LogP contribution < -0.4 is 4.74 Å². The van der Waals surface area contributed by atoms with Crippen molar-refractivity contribution in [1.29, 1.82) is 0 Å².